The van der Waals surface area contributed by atoms with Crippen molar-refractivity contribution in [1.29, 1.82) is 0 Å². The van der Waals surface area contributed by atoms with Crippen LogP contribution in [0.3, 0.4) is 0 Å². The first-order valence-corrected chi connectivity index (χ1v) is 12.8. The highest BCUT2D eigenvalue weighted by Crippen LogP contribution is 2.42. The lowest BCUT2D eigenvalue weighted by Crippen LogP contribution is -2.34. The summed E-state index contributed by atoms with van der Waals surface area (Å²) in [4.78, 5) is 29.1. The van der Waals surface area contributed by atoms with Crippen LogP contribution in [-0.4, -0.2) is 11.8 Å². The van der Waals surface area contributed by atoms with Crippen LogP contribution in [0.4, 0.5) is 10.1 Å². The summed E-state index contributed by atoms with van der Waals surface area (Å²) < 4.78 is 14.4. The molecule has 7 heteroatoms. The van der Waals surface area contributed by atoms with Gasteiger partial charge < -0.3 is 10.2 Å². The highest BCUT2D eigenvalue weighted by molar-refractivity contribution is 8.04. The van der Waals surface area contributed by atoms with Gasteiger partial charge in [0.1, 0.15) is 5.82 Å². The molecule has 0 fully saturated rings. The van der Waals surface area contributed by atoms with Crippen LogP contribution in [0.1, 0.15) is 27.0 Å². The summed E-state index contributed by atoms with van der Waals surface area (Å²) in [6, 6.07) is 28.4. The smallest absolute Gasteiger partial charge is 0.265 e. The molecule has 184 valence electrons. The van der Waals surface area contributed by atoms with E-state index in [1.165, 1.54) is 17.8 Å². The topological polar surface area (TPSA) is 49.4 Å². The number of thioether (sulfide) groups is 1. The predicted molar refractivity (Wildman–Crippen MR) is 147 cm³/mol. The zero-order valence-electron chi connectivity index (χ0n) is 19.7. The number of hydrogen-bond acceptors (Lipinski definition) is 3. The molecule has 0 bridgehead atoms. The van der Waals surface area contributed by atoms with Gasteiger partial charge in [0, 0.05) is 27.6 Å². The van der Waals surface area contributed by atoms with E-state index in [1.54, 1.807) is 65.6 Å². The van der Waals surface area contributed by atoms with Gasteiger partial charge in [-0.25, -0.2) is 4.39 Å². The van der Waals surface area contributed by atoms with Crippen LogP contribution < -0.4 is 10.2 Å². The summed E-state index contributed by atoms with van der Waals surface area (Å²) in [5.74, 6) is -0.736. The largest absolute Gasteiger partial charge is 0.348 e. The van der Waals surface area contributed by atoms with Crippen molar-refractivity contribution in [1.82, 2.24) is 5.32 Å². The molecule has 1 N–H and O–H groups in total. The molecule has 2 amide bonds. The van der Waals surface area contributed by atoms with Crippen molar-refractivity contribution in [2.75, 3.05) is 4.90 Å². The van der Waals surface area contributed by atoms with Crippen LogP contribution in [0.15, 0.2) is 107 Å². The van der Waals surface area contributed by atoms with Crippen molar-refractivity contribution in [3.8, 4) is 0 Å². The van der Waals surface area contributed by atoms with E-state index in [1.807, 2.05) is 36.4 Å². The summed E-state index contributed by atoms with van der Waals surface area (Å²) >= 11 is 7.29. The van der Waals surface area contributed by atoms with Crippen molar-refractivity contribution in [2.45, 2.75) is 18.0 Å². The second-order valence-electron chi connectivity index (χ2n) is 8.49. The molecule has 1 heterocycles. The molecule has 1 aliphatic rings. The molecule has 4 aromatic rings. The van der Waals surface area contributed by atoms with E-state index in [9.17, 15) is 14.0 Å². The molecule has 0 saturated heterocycles. The van der Waals surface area contributed by atoms with Gasteiger partial charge in [-0.05, 0) is 59.7 Å². The Balaban J connectivity index is 1.33. The van der Waals surface area contributed by atoms with Gasteiger partial charge in [-0.1, -0.05) is 78.0 Å². The normalized spacial score (nSPS) is 13.9. The molecule has 4 aromatic carbocycles. The Morgan fingerprint density at radius 2 is 1.62 bits per heavy atom. The first-order chi connectivity index (χ1) is 18.0. The van der Waals surface area contributed by atoms with Gasteiger partial charge in [-0.3, -0.25) is 9.59 Å². The Hall–Kier alpha value is -3.87. The molecule has 0 radical (unpaired) electrons. The molecule has 0 aliphatic carbocycles. The monoisotopic (exact) mass is 528 g/mol. The van der Waals surface area contributed by atoms with E-state index in [0.717, 1.165) is 21.7 Å². The third-order valence-electron chi connectivity index (χ3n) is 5.96. The van der Waals surface area contributed by atoms with Crippen LogP contribution in [0.2, 0.25) is 5.02 Å². The highest BCUT2D eigenvalue weighted by Gasteiger charge is 2.29. The molecule has 37 heavy (non-hydrogen) atoms. The van der Waals surface area contributed by atoms with Crippen LogP contribution in [-0.2, 0) is 17.9 Å². The number of carbonyl (C=O) groups excluding carboxylic acids is 2. The number of nitrogens with zero attached hydrogens (tertiary/aromatic N) is 1. The molecule has 0 saturated carbocycles. The zero-order chi connectivity index (χ0) is 25.8. The Labute approximate surface area is 223 Å². The third-order valence-corrected chi connectivity index (χ3v) is 7.28. The standard InChI is InChI=1S/C30H22ClFN2O2S/c31-24-15-11-21(12-16-24)18-33-29(35)22-13-9-20(10-14-22)17-28-30(36)34(19-23-5-1-2-6-25(23)32)26-7-3-4-8-27(26)37-28/h1-17H,18-19H2,(H,33,35)/b28-17-. The SMILES string of the molecule is O=C(NCc1ccc(Cl)cc1)c1ccc(/C=C2\Sc3ccccc3N(Cc3ccccc3F)C2=O)cc1. The van der Waals surface area contributed by atoms with Gasteiger partial charge in [0.25, 0.3) is 11.8 Å². The number of hydrogen-bond donors (Lipinski definition) is 1. The molecule has 0 aromatic heterocycles. The van der Waals surface area contributed by atoms with Crippen molar-refractivity contribution in [3.05, 3.63) is 135 Å². The summed E-state index contributed by atoms with van der Waals surface area (Å²) in [6.07, 6.45) is 1.80. The number of halogens is 2. The molecular formula is C30H22ClFN2O2S. The van der Waals surface area contributed by atoms with E-state index >= 15 is 0 Å². The van der Waals surface area contributed by atoms with Crippen molar-refractivity contribution < 1.29 is 14.0 Å². The van der Waals surface area contributed by atoms with E-state index < -0.39 is 0 Å². The number of rotatable bonds is 6. The first-order valence-electron chi connectivity index (χ1n) is 11.6. The minimum absolute atomic E-state index is 0.132. The molecule has 5 rings (SSSR count). The lowest BCUT2D eigenvalue weighted by molar-refractivity contribution is -0.114. The number of anilines is 1. The maximum atomic E-state index is 14.4. The third kappa shape index (κ3) is 5.77. The van der Waals surface area contributed by atoms with Gasteiger partial charge in [-0.2, -0.15) is 0 Å². The number of para-hydroxylation sites is 1. The average Bonchev–Trinajstić information content (AvgIpc) is 2.92. The molecular weight excluding hydrogens is 507 g/mol. The van der Waals surface area contributed by atoms with Gasteiger partial charge in [-0.15, -0.1) is 0 Å². The maximum absolute atomic E-state index is 14.4. The number of amides is 2. The van der Waals surface area contributed by atoms with E-state index in [0.29, 0.717) is 27.6 Å². The lowest BCUT2D eigenvalue weighted by atomic mass is 10.1. The summed E-state index contributed by atoms with van der Waals surface area (Å²) in [6.45, 7) is 0.525. The van der Waals surface area contributed by atoms with E-state index in [-0.39, 0.29) is 24.2 Å². The Kier molecular flexibility index (Phi) is 7.40. The minimum atomic E-state index is -0.346. The van der Waals surface area contributed by atoms with Gasteiger partial charge >= 0.3 is 0 Å². The van der Waals surface area contributed by atoms with Gasteiger partial charge in [0.05, 0.1) is 17.1 Å². The molecule has 0 atom stereocenters. The summed E-state index contributed by atoms with van der Waals surface area (Å²) in [5.41, 5.74) is 3.46. The second kappa shape index (κ2) is 11.0. The highest BCUT2D eigenvalue weighted by atomic mass is 35.5. The summed E-state index contributed by atoms with van der Waals surface area (Å²) in [7, 11) is 0. The molecule has 1 aliphatic heterocycles. The number of carbonyl (C=O) groups is 2. The zero-order valence-corrected chi connectivity index (χ0v) is 21.2. The molecule has 0 spiro atoms. The fraction of sp³-hybridized carbons (Fsp3) is 0.0667. The van der Waals surface area contributed by atoms with Crippen LogP contribution in [0, 0.1) is 5.82 Å². The van der Waals surface area contributed by atoms with Crippen molar-refractivity contribution in [2.24, 2.45) is 0 Å². The quantitative estimate of drug-likeness (QED) is 0.272. The number of benzene rings is 4. The minimum Gasteiger partial charge on any atom is -0.348 e. The summed E-state index contributed by atoms with van der Waals surface area (Å²) in [5, 5.41) is 3.54. The first kappa shape index (κ1) is 24.8. The average molecular weight is 529 g/mol. The Morgan fingerprint density at radius 3 is 2.38 bits per heavy atom. The Bertz CT molecular complexity index is 1490. The van der Waals surface area contributed by atoms with Crippen molar-refractivity contribution in [3.63, 3.8) is 0 Å². The van der Waals surface area contributed by atoms with Gasteiger partial charge in [0.15, 0.2) is 0 Å². The Morgan fingerprint density at radius 1 is 0.919 bits per heavy atom. The van der Waals surface area contributed by atoms with Crippen molar-refractivity contribution >= 4 is 46.9 Å². The number of fused-ring (bicyclic) bond motifs is 1. The lowest BCUT2D eigenvalue weighted by Gasteiger charge is -2.30. The van der Waals surface area contributed by atoms with Gasteiger partial charge in [0.2, 0.25) is 0 Å². The second-order valence-corrected chi connectivity index (χ2v) is 10.0. The van der Waals surface area contributed by atoms with E-state index in [4.69, 9.17) is 11.6 Å². The fourth-order valence-corrected chi connectivity index (χ4v) is 5.17. The maximum Gasteiger partial charge on any atom is 0.265 e. The number of nitrogens with one attached hydrogen (secondary N) is 1. The predicted octanol–water partition coefficient (Wildman–Crippen LogP) is 7.09. The van der Waals surface area contributed by atoms with Crippen LogP contribution in [0.25, 0.3) is 6.08 Å². The van der Waals surface area contributed by atoms with Crippen LogP contribution >= 0.6 is 23.4 Å². The van der Waals surface area contributed by atoms with E-state index in [2.05, 4.69) is 5.32 Å². The van der Waals surface area contributed by atoms with Crippen LogP contribution in [0.5, 0.6) is 0 Å². The molecule has 0 unspecified atom stereocenters. The fourth-order valence-electron chi connectivity index (χ4n) is 3.98. The molecule has 4 nitrogen and oxygen atoms in total.